The fourth-order valence-corrected chi connectivity index (χ4v) is 3.09. The molecule has 3 atom stereocenters. The lowest BCUT2D eigenvalue weighted by molar-refractivity contribution is -0.117. The highest BCUT2D eigenvalue weighted by Gasteiger charge is 2.24. The third-order valence-corrected chi connectivity index (χ3v) is 4.42. The summed E-state index contributed by atoms with van der Waals surface area (Å²) in [5.41, 5.74) is 0.189. The molecule has 2 aliphatic heterocycles. The third-order valence-electron chi connectivity index (χ3n) is 4.42. The number of hydrogen-bond donors (Lipinski definition) is 1. The van der Waals surface area contributed by atoms with Crippen LogP contribution in [0.5, 0.6) is 0 Å². The quantitative estimate of drug-likeness (QED) is 0.635. The number of nitrogens with one attached hydrogen (secondary N) is 1. The van der Waals surface area contributed by atoms with Crippen molar-refractivity contribution < 1.29 is 9.53 Å². The lowest BCUT2D eigenvalue weighted by Crippen LogP contribution is -2.41. The lowest BCUT2D eigenvalue weighted by Gasteiger charge is -2.38. The molecule has 0 bridgehead atoms. The number of rotatable bonds is 4. The molecule has 0 aliphatic carbocycles. The van der Waals surface area contributed by atoms with Gasteiger partial charge in [0.05, 0.1) is 6.10 Å². The Kier molecular flexibility index (Phi) is 5.63. The number of nitriles is 1. The molecule has 0 aromatic rings. The van der Waals surface area contributed by atoms with Crippen LogP contribution in [0.15, 0.2) is 11.8 Å². The van der Waals surface area contributed by atoms with Gasteiger partial charge >= 0.3 is 0 Å². The normalized spacial score (nSPS) is 30.0. The molecule has 2 rings (SSSR count). The fourth-order valence-electron chi connectivity index (χ4n) is 3.09. The smallest absolute Gasteiger partial charge is 0.263 e. The molecule has 3 unspecified atom stereocenters. The Balaban J connectivity index is 1.95. The van der Waals surface area contributed by atoms with Crippen LogP contribution in [0.25, 0.3) is 0 Å². The highest BCUT2D eigenvalue weighted by Crippen LogP contribution is 2.23. The maximum absolute atomic E-state index is 12.1. The van der Waals surface area contributed by atoms with Crippen LogP contribution >= 0.6 is 0 Å². The zero-order valence-corrected chi connectivity index (χ0v) is 13.0. The summed E-state index contributed by atoms with van der Waals surface area (Å²) in [6.45, 7) is 5.55. The van der Waals surface area contributed by atoms with Gasteiger partial charge in [0.2, 0.25) is 0 Å². The number of carbonyl (C=O) groups is 1. The summed E-state index contributed by atoms with van der Waals surface area (Å²) in [5.74, 6) is -0.294. The summed E-state index contributed by atoms with van der Waals surface area (Å²) in [6.07, 6.45) is 7.28. The van der Waals surface area contributed by atoms with E-state index in [0.29, 0.717) is 18.6 Å². The van der Waals surface area contributed by atoms with Crippen LogP contribution in [-0.4, -0.2) is 42.1 Å². The second-order valence-corrected chi connectivity index (χ2v) is 6.08. The molecule has 116 valence electrons. The van der Waals surface area contributed by atoms with Gasteiger partial charge in [0.1, 0.15) is 11.6 Å². The van der Waals surface area contributed by atoms with E-state index in [9.17, 15) is 10.1 Å². The van der Waals surface area contributed by atoms with E-state index in [0.717, 1.165) is 32.3 Å². The molecule has 1 N–H and O–H groups in total. The molecule has 2 aliphatic rings. The summed E-state index contributed by atoms with van der Waals surface area (Å²) in [5, 5.41) is 12.1. The summed E-state index contributed by atoms with van der Waals surface area (Å²) in [7, 11) is 0. The van der Waals surface area contributed by atoms with Crippen molar-refractivity contribution in [2.24, 2.45) is 0 Å². The van der Waals surface area contributed by atoms with Gasteiger partial charge in [-0.05, 0) is 46.0 Å². The Morgan fingerprint density at radius 1 is 1.33 bits per heavy atom. The SMILES string of the molecule is CC1CCCC(C)N1/C=C(/C#N)C(=O)NCC1CCCO1. The molecule has 0 saturated carbocycles. The first kappa shape index (κ1) is 15.8. The van der Waals surface area contributed by atoms with Gasteiger partial charge in [0.25, 0.3) is 5.91 Å². The molecule has 1 amide bonds. The first-order valence-electron chi connectivity index (χ1n) is 7.91. The molecular formula is C16H25N3O2. The van der Waals surface area contributed by atoms with Crippen molar-refractivity contribution in [3.63, 3.8) is 0 Å². The van der Waals surface area contributed by atoms with Crippen molar-refractivity contribution in [1.29, 1.82) is 5.26 Å². The third kappa shape index (κ3) is 4.21. The van der Waals surface area contributed by atoms with Gasteiger partial charge in [-0.3, -0.25) is 4.79 Å². The Morgan fingerprint density at radius 2 is 2.05 bits per heavy atom. The number of hydrogen-bond acceptors (Lipinski definition) is 4. The maximum atomic E-state index is 12.1. The van der Waals surface area contributed by atoms with Crippen molar-refractivity contribution in [2.75, 3.05) is 13.2 Å². The van der Waals surface area contributed by atoms with Crippen molar-refractivity contribution in [2.45, 2.75) is 64.1 Å². The summed E-state index contributed by atoms with van der Waals surface area (Å²) >= 11 is 0. The van der Waals surface area contributed by atoms with Gasteiger partial charge in [-0.2, -0.15) is 5.26 Å². The number of nitrogens with zero attached hydrogens (tertiary/aromatic N) is 2. The predicted octanol–water partition coefficient (Wildman–Crippen LogP) is 1.95. The Bertz CT molecular complexity index is 425. The number of ether oxygens (including phenoxy) is 1. The van der Waals surface area contributed by atoms with Crippen molar-refractivity contribution in [3.8, 4) is 6.07 Å². The van der Waals surface area contributed by atoms with E-state index in [1.165, 1.54) is 6.42 Å². The first-order valence-corrected chi connectivity index (χ1v) is 7.91. The van der Waals surface area contributed by atoms with Gasteiger partial charge in [-0.1, -0.05) is 0 Å². The summed E-state index contributed by atoms with van der Waals surface area (Å²) in [6, 6.07) is 2.79. The highest BCUT2D eigenvalue weighted by molar-refractivity contribution is 5.97. The average Bonchev–Trinajstić information content (AvgIpc) is 2.98. The molecule has 2 fully saturated rings. The van der Waals surface area contributed by atoms with Crippen LogP contribution in [0.1, 0.15) is 46.0 Å². The predicted molar refractivity (Wildman–Crippen MR) is 80.3 cm³/mol. The number of likely N-dealkylation sites (tertiary alicyclic amines) is 1. The van der Waals surface area contributed by atoms with Crippen molar-refractivity contribution in [1.82, 2.24) is 10.2 Å². The van der Waals surface area contributed by atoms with E-state index in [-0.39, 0.29) is 17.6 Å². The van der Waals surface area contributed by atoms with Crippen LogP contribution in [0.2, 0.25) is 0 Å². The van der Waals surface area contributed by atoms with Gasteiger partial charge < -0.3 is 15.0 Å². The van der Waals surface area contributed by atoms with E-state index < -0.39 is 0 Å². The molecule has 0 spiro atoms. The van der Waals surface area contributed by atoms with Gasteiger partial charge in [0, 0.05) is 31.4 Å². The second kappa shape index (κ2) is 7.46. The Morgan fingerprint density at radius 3 is 2.62 bits per heavy atom. The van der Waals surface area contributed by atoms with Crippen molar-refractivity contribution >= 4 is 5.91 Å². The van der Waals surface area contributed by atoms with Gasteiger partial charge in [-0.25, -0.2) is 0 Å². The lowest BCUT2D eigenvalue weighted by atomic mass is 9.98. The largest absolute Gasteiger partial charge is 0.376 e. The number of amides is 1. The first-order chi connectivity index (χ1) is 10.1. The zero-order valence-electron chi connectivity index (χ0n) is 13.0. The molecule has 2 saturated heterocycles. The minimum Gasteiger partial charge on any atom is -0.376 e. The van der Waals surface area contributed by atoms with Gasteiger partial charge in [-0.15, -0.1) is 0 Å². The van der Waals surface area contributed by atoms with Crippen LogP contribution < -0.4 is 5.32 Å². The van der Waals surface area contributed by atoms with E-state index in [2.05, 4.69) is 24.1 Å². The minimum atomic E-state index is -0.294. The van der Waals surface area contributed by atoms with Crippen LogP contribution in [-0.2, 0) is 9.53 Å². The van der Waals surface area contributed by atoms with E-state index in [1.54, 1.807) is 6.20 Å². The monoisotopic (exact) mass is 291 g/mol. The van der Waals surface area contributed by atoms with Crippen LogP contribution in [0.4, 0.5) is 0 Å². The summed E-state index contributed by atoms with van der Waals surface area (Å²) < 4.78 is 5.47. The molecule has 0 aromatic heterocycles. The van der Waals surface area contributed by atoms with E-state index in [4.69, 9.17) is 4.74 Å². The maximum Gasteiger partial charge on any atom is 0.263 e. The zero-order chi connectivity index (χ0) is 15.2. The average molecular weight is 291 g/mol. The Labute approximate surface area is 126 Å². The van der Waals surface area contributed by atoms with Gasteiger partial charge in [0.15, 0.2) is 0 Å². The van der Waals surface area contributed by atoms with Crippen LogP contribution in [0, 0.1) is 11.3 Å². The van der Waals surface area contributed by atoms with Crippen molar-refractivity contribution in [3.05, 3.63) is 11.8 Å². The molecule has 0 aromatic carbocycles. The molecule has 21 heavy (non-hydrogen) atoms. The fraction of sp³-hybridized carbons (Fsp3) is 0.750. The van der Waals surface area contributed by atoms with E-state index in [1.807, 2.05) is 6.07 Å². The van der Waals surface area contributed by atoms with Crippen LogP contribution in [0.3, 0.4) is 0 Å². The molecule has 0 radical (unpaired) electrons. The molecule has 2 heterocycles. The molecule has 5 heteroatoms. The Hall–Kier alpha value is -1.54. The van der Waals surface area contributed by atoms with E-state index >= 15 is 0 Å². The molecular weight excluding hydrogens is 266 g/mol. The molecule has 5 nitrogen and oxygen atoms in total. The topological polar surface area (TPSA) is 65.4 Å². The highest BCUT2D eigenvalue weighted by atomic mass is 16.5. The summed E-state index contributed by atoms with van der Waals surface area (Å²) in [4.78, 5) is 14.3. The number of piperidine rings is 1. The minimum absolute atomic E-state index is 0.0988. The second-order valence-electron chi connectivity index (χ2n) is 6.08. The number of carbonyl (C=O) groups excluding carboxylic acids is 1. The standard InChI is InChI=1S/C16H25N3O2/c1-12-5-3-6-13(2)19(12)11-14(9-17)16(20)18-10-15-7-4-8-21-15/h11-13,15H,3-8,10H2,1-2H3,(H,18,20)/b14-11-.